The van der Waals surface area contributed by atoms with Crippen molar-refractivity contribution < 1.29 is 4.39 Å². The molecule has 3 N–H and O–H groups in total. The SMILES string of the molecule is CCCNC(Cc1cccnc1N)c1ccc(F)cn1. The number of nitrogens with one attached hydrogen (secondary N) is 1. The zero-order chi connectivity index (χ0) is 14.4. The molecule has 5 heteroatoms. The molecule has 0 aromatic carbocycles. The van der Waals surface area contributed by atoms with E-state index in [0.717, 1.165) is 24.2 Å². The molecule has 4 nitrogen and oxygen atoms in total. The minimum atomic E-state index is -0.330. The van der Waals surface area contributed by atoms with Crippen molar-refractivity contribution in [1.82, 2.24) is 15.3 Å². The summed E-state index contributed by atoms with van der Waals surface area (Å²) >= 11 is 0. The van der Waals surface area contributed by atoms with Crippen LogP contribution >= 0.6 is 0 Å². The molecule has 0 bridgehead atoms. The third-order valence-corrected chi connectivity index (χ3v) is 3.10. The van der Waals surface area contributed by atoms with Crippen LogP contribution in [0.5, 0.6) is 0 Å². The quantitative estimate of drug-likeness (QED) is 0.849. The number of nitrogen functional groups attached to an aromatic ring is 1. The van der Waals surface area contributed by atoms with Crippen molar-refractivity contribution in [3.8, 4) is 0 Å². The highest BCUT2D eigenvalue weighted by Gasteiger charge is 2.14. The Kier molecular flexibility index (Phi) is 5.01. The van der Waals surface area contributed by atoms with Gasteiger partial charge in [-0.3, -0.25) is 4.98 Å². The maximum absolute atomic E-state index is 13.0. The number of halogens is 1. The van der Waals surface area contributed by atoms with Crippen molar-refractivity contribution >= 4 is 5.82 Å². The summed E-state index contributed by atoms with van der Waals surface area (Å²) in [6, 6.07) is 6.94. The largest absolute Gasteiger partial charge is 0.383 e. The van der Waals surface area contributed by atoms with Crippen LogP contribution in [0.2, 0.25) is 0 Å². The van der Waals surface area contributed by atoms with Gasteiger partial charge >= 0.3 is 0 Å². The number of hydrogen-bond acceptors (Lipinski definition) is 4. The van der Waals surface area contributed by atoms with E-state index in [-0.39, 0.29) is 11.9 Å². The van der Waals surface area contributed by atoms with E-state index in [1.165, 1.54) is 12.3 Å². The molecule has 20 heavy (non-hydrogen) atoms. The highest BCUT2D eigenvalue weighted by molar-refractivity contribution is 5.39. The minimum absolute atomic E-state index is 0.00190. The molecule has 0 aliphatic rings. The van der Waals surface area contributed by atoms with Gasteiger partial charge in [0.1, 0.15) is 11.6 Å². The zero-order valence-corrected chi connectivity index (χ0v) is 11.5. The Bertz CT molecular complexity index is 542. The highest BCUT2D eigenvalue weighted by atomic mass is 19.1. The Balaban J connectivity index is 2.19. The van der Waals surface area contributed by atoms with E-state index in [9.17, 15) is 4.39 Å². The Morgan fingerprint density at radius 2 is 2.15 bits per heavy atom. The van der Waals surface area contributed by atoms with E-state index in [0.29, 0.717) is 12.2 Å². The molecule has 0 fully saturated rings. The van der Waals surface area contributed by atoms with Gasteiger partial charge in [-0.1, -0.05) is 13.0 Å². The van der Waals surface area contributed by atoms with Crippen molar-refractivity contribution in [2.45, 2.75) is 25.8 Å². The molecule has 106 valence electrons. The molecule has 1 unspecified atom stereocenters. The van der Waals surface area contributed by atoms with E-state index < -0.39 is 0 Å². The zero-order valence-electron chi connectivity index (χ0n) is 11.5. The van der Waals surface area contributed by atoms with E-state index >= 15 is 0 Å². The van der Waals surface area contributed by atoms with Crippen molar-refractivity contribution in [2.24, 2.45) is 0 Å². The lowest BCUT2D eigenvalue weighted by Gasteiger charge is -2.18. The molecule has 0 aliphatic carbocycles. The number of hydrogen-bond donors (Lipinski definition) is 2. The number of nitrogens with two attached hydrogens (primary N) is 1. The summed E-state index contributed by atoms with van der Waals surface area (Å²) in [5.74, 6) is 0.196. The first-order chi connectivity index (χ1) is 9.70. The number of anilines is 1. The lowest BCUT2D eigenvalue weighted by Crippen LogP contribution is -2.25. The monoisotopic (exact) mass is 274 g/mol. The van der Waals surface area contributed by atoms with Crippen molar-refractivity contribution in [3.63, 3.8) is 0 Å². The Morgan fingerprint density at radius 1 is 1.30 bits per heavy atom. The maximum atomic E-state index is 13.0. The van der Waals surface area contributed by atoms with Crippen LogP contribution in [0.1, 0.15) is 30.6 Å². The van der Waals surface area contributed by atoms with Gasteiger partial charge in [0.05, 0.1) is 17.9 Å². The summed E-state index contributed by atoms with van der Waals surface area (Å²) in [5.41, 5.74) is 7.65. The second kappa shape index (κ2) is 6.96. The van der Waals surface area contributed by atoms with Gasteiger partial charge in [0.25, 0.3) is 0 Å². The number of aromatic nitrogens is 2. The lowest BCUT2D eigenvalue weighted by atomic mass is 10.0. The van der Waals surface area contributed by atoms with Gasteiger partial charge in [-0.25, -0.2) is 9.37 Å². The van der Waals surface area contributed by atoms with Crippen LogP contribution in [0.25, 0.3) is 0 Å². The molecule has 0 saturated heterocycles. The standard InChI is InChI=1S/C15H19FN4/c1-2-7-18-14(13-6-5-12(16)10-20-13)9-11-4-3-8-19-15(11)17/h3-6,8,10,14,18H,2,7,9H2,1H3,(H2,17,19). The molecule has 0 aliphatic heterocycles. The first-order valence-electron chi connectivity index (χ1n) is 6.75. The highest BCUT2D eigenvalue weighted by Crippen LogP contribution is 2.19. The summed E-state index contributed by atoms with van der Waals surface area (Å²) in [6.07, 6.45) is 4.60. The van der Waals surface area contributed by atoms with Gasteiger partial charge in [0.15, 0.2) is 0 Å². The van der Waals surface area contributed by atoms with E-state index in [4.69, 9.17) is 5.73 Å². The van der Waals surface area contributed by atoms with Crippen LogP contribution in [0.15, 0.2) is 36.7 Å². The van der Waals surface area contributed by atoms with Crippen molar-refractivity contribution in [3.05, 3.63) is 53.7 Å². The van der Waals surface area contributed by atoms with E-state index in [2.05, 4.69) is 22.2 Å². The summed E-state index contributed by atoms with van der Waals surface area (Å²) in [4.78, 5) is 8.25. The maximum Gasteiger partial charge on any atom is 0.141 e. The molecule has 2 aromatic rings. The summed E-state index contributed by atoms with van der Waals surface area (Å²) in [6.45, 7) is 2.96. The summed E-state index contributed by atoms with van der Waals surface area (Å²) < 4.78 is 13.0. The summed E-state index contributed by atoms with van der Waals surface area (Å²) in [7, 11) is 0. The first-order valence-corrected chi connectivity index (χ1v) is 6.75. The molecule has 0 saturated carbocycles. The van der Waals surface area contributed by atoms with Crippen LogP contribution < -0.4 is 11.1 Å². The number of pyridine rings is 2. The average molecular weight is 274 g/mol. The van der Waals surface area contributed by atoms with Gasteiger partial charge in [0, 0.05) is 6.20 Å². The first kappa shape index (κ1) is 14.4. The molecule has 2 aromatic heterocycles. The van der Waals surface area contributed by atoms with Crippen LogP contribution in [0.4, 0.5) is 10.2 Å². The molecular formula is C15H19FN4. The second-order valence-electron chi connectivity index (χ2n) is 4.66. The van der Waals surface area contributed by atoms with Gasteiger partial charge < -0.3 is 11.1 Å². The number of rotatable bonds is 6. The van der Waals surface area contributed by atoms with Crippen molar-refractivity contribution in [2.75, 3.05) is 12.3 Å². The van der Waals surface area contributed by atoms with Gasteiger partial charge in [-0.2, -0.15) is 0 Å². The van der Waals surface area contributed by atoms with Gasteiger partial charge in [-0.15, -0.1) is 0 Å². The lowest BCUT2D eigenvalue weighted by molar-refractivity contribution is 0.514. The van der Waals surface area contributed by atoms with E-state index in [1.54, 1.807) is 12.3 Å². The van der Waals surface area contributed by atoms with Crippen molar-refractivity contribution in [1.29, 1.82) is 0 Å². The smallest absolute Gasteiger partial charge is 0.141 e. The second-order valence-corrected chi connectivity index (χ2v) is 4.66. The van der Waals surface area contributed by atoms with Gasteiger partial charge in [-0.05, 0) is 43.1 Å². The normalized spacial score (nSPS) is 12.3. The Hall–Kier alpha value is -2.01. The molecule has 2 heterocycles. The third-order valence-electron chi connectivity index (χ3n) is 3.10. The Morgan fingerprint density at radius 3 is 2.80 bits per heavy atom. The fourth-order valence-electron chi connectivity index (χ4n) is 2.04. The third kappa shape index (κ3) is 3.74. The molecule has 0 radical (unpaired) electrons. The summed E-state index contributed by atoms with van der Waals surface area (Å²) in [5, 5.41) is 3.41. The molecule has 1 atom stereocenters. The van der Waals surface area contributed by atoms with Crippen LogP contribution in [-0.4, -0.2) is 16.5 Å². The van der Waals surface area contributed by atoms with Crippen LogP contribution in [0.3, 0.4) is 0 Å². The fourth-order valence-corrected chi connectivity index (χ4v) is 2.04. The predicted octanol–water partition coefficient (Wildman–Crippen LogP) is 2.48. The number of nitrogens with zero attached hydrogens (tertiary/aromatic N) is 2. The fraction of sp³-hybridized carbons (Fsp3) is 0.333. The molecule has 0 spiro atoms. The van der Waals surface area contributed by atoms with Crippen LogP contribution in [0, 0.1) is 5.82 Å². The molecular weight excluding hydrogens is 255 g/mol. The minimum Gasteiger partial charge on any atom is -0.383 e. The molecule has 2 rings (SSSR count). The van der Waals surface area contributed by atoms with Gasteiger partial charge in [0.2, 0.25) is 0 Å². The van der Waals surface area contributed by atoms with E-state index in [1.807, 2.05) is 12.1 Å². The Labute approximate surface area is 118 Å². The van der Waals surface area contributed by atoms with Crippen LogP contribution in [-0.2, 0) is 6.42 Å². The predicted molar refractivity (Wildman–Crippen MR) is 77.6 cm³/mol. The molecule has 0 amide bonds. The average Bonchev–Trinajstić information content (AvgIpc) is 2.46. The topological polar surface area (TPSA) is 63.8 Å².